The van der Waals surface area contributed by atoms with Gasteiger partial charge in [-0.2, -0.15) is 0 Å². The summed E-state index contributed by atoms with van der Waals surface area (Å²) in [6.07, 6.45) is 2.08. The van der Waals surface area contributed by atoms with Crippen molar-refractivity contribution in [3.05, 3.63) is 65.7 Å². The van der Waals surface area contributed by atoms with E-state index in [4.69, 9.17) is 0 Å². The van der Waals surface area contributed by atoms with Gasteiger partial charge in [0.25, 0.3) is 5.91 Å². The molecule has 0 atom stereocenters. The fourth-order valence-electron chi connectivity index (χ4n) is 2.12. The monoisotopic (exact) mass is 267 g/mol. The number of aryl methyl sites for hydroxylation is 1. The molecule has 0 saturated carbocycles. The first-order chi connectivity index (χ1) is 9.72. The van der Waals surface area contributed by atoms with Gasteiger partial charge in [-0.25, -0.2) is 0 Å². The van der Waals surface area contributed by atoms with Crippen molar-refractivity contribution in [3.8, 4) is 0 Å². The SMILES string of the molecule is CCCCN(C(=O)c1ccc(C)cc1)c1ccccc1. The normalized spacial score (nSPS) is 10.3. The van der Waals surface area contributed by atoms with Gasteiger partial charge >= 0.3 is 0 Å². The molecule has 2 nitrogen and oxygen atoms in total. The number of rotatable bonds is 5. The predicted octanol–water partition coefficient (Wildman–Crippen LogP) is 4.44. The Kier molecular flexibility index (Phi) is 4.94. The standard InChI is InChI=1S/C18H21NO/c1-3-4-14-19(17-8-6-5-7-9-17)18(20)16-12-10-15(2)11-13-16/h5-13H,3-4,14H2,1-2H3. The summed E-state index contributed by atoms with van der Waals surface area (Å²) >= 11 is 0. The van der Waals surface area contributed by atoms with Crippen LogP contribution in [-0.2, 0) is 0 Å². The second-order valence-electron chi connectivity index (χ2n) is 5.01. The highest BCUT2D eigenvalue weighted by Crippen LogP contribution is 2.18. The van der Waals surface area contributed by atoms with Gasteiger partial charge < -0.3 is 4.90 Å². The molecule has 0 N–H and O–H groups in total. The van der Waals surface area contributed by atoms with E-state index in [2.05, 4.69) is 6.92 Å². The number of para-hydroxylation sites is 1. The number of nitrogens with zero attached hydrogens (tertiary/aromatic N) is 1. The Morgan fingerprint density at radius 2 is 1.65 bits per heavy atom. The summed E-state index contributed by atoms with van der Waals surface area (Å²) in [6.45, 7) is 4.92. The predicted molar refractivity (Wildman–Crippen MR) is 84.2 cm³/mol. The number of anilines is 1. The number of amides is 1. The molecule has 0 heterocycles. The van der Waals surface area contributed by atoms with Crippen molar-refractivity contribution in [1.29, 1.82) is 0 Å². The summed E-state index contributed by atoms with van der Waals surface area (Å²) in [5.41, 5.74) is 2.88. The van der Waals surface area contributed by atoms with Gasteiger partial charge in [-0.15, -0.1) is 0 Å². The van der Waals surface area contributed by atoms with Gasteiger partial charge in [0.15, 0.2) is 0 Å². The van der Waals surface area contributed by atoms with Crippen molar-refractivity contribution in [3.63, 3.8) is 0 Å². The van der Waals surface area contributed by atoms with Crippen LogP contribution in [0.5, 0.6) is 0 Å². The van der Waals surface area contributed by atoms with Gasteiger partial charge in [0, 0.05) is 17.8 Å². The van der Waals surface area contributed by atoms with E-state index in [1.807, 2.05) is 66.4 Å². The molecule has 0 spiro atoms. The van der Waals surface area contributed by atoms with Crippen LogP contribution >= 0.6 is 0 Å². The maximum atomic E-state index is 12.7. The first-order valence-electron chi connectivity index (χ1n) is 7.16. The van der Waals surface area contributed by atoms with Gasteiger partial charge in [-0.1, -0.05) is 49.2 Å². The highest BCUT2D eigenvalue weighted by molar-refractivity contribution is 6.06. The number of benzene rings is 2. The Balaban J connectivity index is 2.26. The number of carbonyl (C=O) groups excluding carboxylic acids is 1. The van der Waals surface area contributed by atoms with Crippen LogP contribution in [0.1, 0.15) is 35.7 Å². The lowest BCUT2D eigenvalue weighted by Crippen LogP contribution is -2.31. The summed E-state index contributed by atoms with van der Waals surface area (Å²) in [7, 11) is 0. The van der Waals surface area contributed by atoms with E-state index in [1.54, 1.807) is 0 Å². The molecule has 0 unspecified atom stereocenters. The third kappa shape index (κ3) is 3.47. The molecular weight excluding hydrogens is 246 g/mol. The lowest BCUT2D eigenvalue weighted by Gasteiger charge is -2.23. The fraction of sp³-hybridized carbons (Fsp3) is 0.278. The smallest absolute Gasteiger partial charge is 0.258 e. The molecule has 2 aromatic carbocycles. The molecule has 0 saturated heterocycles. The van der Waals surface area contributed by atoms with E-state index in [0.29, 0.717) is 0 Å². The van der Waals surface area contributed by atoms with Crippen molar-refractivity contribution in [1.82, 2.24) is 0 Å². The van der Waals surface area contributed by atoms with E-state index in [-0.39, 0.29) is 5.91 Å². The maximum Gasteiger partial charge on any atom is 0.258 e. The zero-order chi connectivity index (χ0) is 14.4. The highest BCUT2D eigenvalue weighted by atomic mass is 16.2. The average molecular weight is 267 g/mol. The van der Waals surface area contributed by atoms with Crippen LogP contribution in [0, 0.1) is 6.92 Å². The maximum absolute atomic E-state index is 12.7. The molecule has 0 aliphatic rings. The highest BCUT2D eigenvalue weighted by Gasteiger charge is 2.16. The summed E-state index contributed by atoms with van der Waals surface area (Å²) < 4.78 is 0. The van der Waals surface area contributed by atoms with Crippen LogP contribution < -0.4 is 4.90 Å². The fourth-order valence-corrected chi connectivity index (χ4v) is 2.12. The van der Waals surface area contributed by atoms with Crippen LogP contribution in [0.4, 0.5) is 5.69 Å². The first-order valence-corrected chi connectivity index (χ1v) is 7.16. The molecule has 0 aliphatic carbocycles. The minimum absolute atomic E-state index is 0.0738. The number of hydrogen-bond acceptors (Lipinski definition) is 1. The number of unbranched alkanes of at least 4 members (excludes halogenated alkanes) is 1. The van der Waals surface area contributed by atoms with Crippen molar-refractivity contribution >= 4 is 11.6 Å². The van der Waals surface area contributed by atoms with E-state index in [9.17, 15) is 4.79 Å². The largest absolute Gasteiger partial charge is 0.308 e. The minimum Gasteiger partial charge on any atom is -0.308 e. The lowest BCUT2D eigenvalue weighted by molar-refractivity contribution is 0.0986. The Morgan fingerprint density at radius 3 is 2.25 bits per heavy atom. The third-order valence-corrected chi connectivity index (χ3v) is 3.35. The molecule has 1 amide bonds. The molecule has 0 fully saturated rings. The second-order valence-corrected chi connectivity index (χ2v) is 5.01. The Bertz CT molecular complexity index is 545. The van der Waals surface area contributed by atoms with Crippen molar-refractivity contribution in [2.75, 3.05) is 11.4 Å². The molecule has 2 aromatic rings. The van der Waals surface area contributed by atoms with Crippen molar-refractivity contribution in [2.45, 2.75) is 26.7 Å². The van der Waals surface area contributed by atoms with Crippen LogP contribution in [0.2, 0.25) is 0 Å². The Hall–Kier alpha value is -2.09. The molecule has 0 aliphatic heterocycles. The second kappa shape index (κ2) is 6.90. The molecule has 2 rings (SSSR count). The summed E-state index contributed by atoms with van der Waals surface area (Å²) in [5, 5.41) is 0. The van der Waals surface area contributed by atoms with Gasteiger partial charge in [-0.3, -0.25) is 4.79 Å². The summed E-state index contributed by atoms with van der Waals surface area (Å²) in [4.78, 5) is 14.6. The van der Waals surface area contributed by atoms with E-state index >= 15 is 0 Å². The van der Waals surface area contributed by atoms with Gasteiger partial charge in [0.2, 0.25) is 0 Å². The molecule has 104 valence electrons. The molecule has 20 heavy (non-hydrogen) atoms. The van der Waals surface area contributed by atoms with Gasteiger partial charge in [0.05, 0.1) is 0 Å². The summed E-state index contributed by atoms with van der Waals surface area (Å²) in [5.74, 6) is 0.0738. The van der Waals surface area contributed by atoms with Gasteiger partial charge in [0.1, 0.15) is 0 Å². The molecule has 2 heteroatoms. The quantitative estimate of drug-likeness (QED) is 0.784. The zero-order valence-electron chi connectivity index (χ0n) is 12.2. The average Bonchev–Trinajstić information content (AvgIpc) is 2.49. The van der Waals surface area contributed by atoms with Gasteiger partial charge in [-0.05, 0) is 37.6 Å². The molecule has 0 bridgehead atoms. The minimum atomic E-state index is 0.0738. The number of hydrogen-bond donors (Lipinski definition) is 0. The Morgan fingerprint density at radius 1 is 1.00 bits per heavy atom. The zero-order valence-corrected chi connectivity index (χ0v) is 12.2. The van der Waals surface area contributed by atoms with Crippen molar-refractivity contribution < 1.29 is 4.79 Å². The molecular formula is C18H21NO. The van der Waals surface area contributed by atoms with E-state index < -0.39 is 0 Å². The first kappa shape index (κ1) is 14.3. The van der Waals surface area contributed by atoms with E-state index in [1.165, 1.54) is 5.56 Å². The van der Waals surface area contributed by atoms with Crippen LogP contribution in [0.3, 0.4) is 0 Å². The Labute approximate surface area is 121 Å². The molecule has 0 aromatic heterocycles. The van der Waals surface area contributed by atoms with Crippen LogP contribution in [0.25, 0.3) is 0 Å². The van der Waals surface area contributed by atoms with Crippen LogP contribution in [-0.4, -0.2) is 12.5 Å². The summed E-state index contributed by atoms with van der Waals surface area (Å²) in [6, 6.07) is 17.7. The number of carbonyl (C=O) groups is 1. The molecule has 0 radical (unpaired) electrons. The lowest BCUT2D eigenvalue weighted by atomic mass is 10.1. The van der Waals surface area contributed by atoms with Crippen molar-refractivity contribution in [2.24, 2.45) is 0 Å². The van der Waals surface area contributed by atoms with Crippen LogP contribution in [0.15, 0.2) is 54.6 Å². The van der Waals surface area contributed by atoms with E-state index in [0.717, 1.165) is 30.6 Å². The third-order valence-electron chi connectivity index (χ3n) is 3.35. The topological polar surface area (TPSA) is 20.3 Å².